The van der Waals surface area contributed by atoms with Crippen LogP contribution in [-0.2, 0) is 17.9 Å². The average molecular weight is 349 g/mol. The number of nitrogens with zero attached hydrogens (tertiary/aromatic N) is 2. The quantitative estimate of drug-likeness (QED) is 0.766. The van der Waals surface area contributed by atoms with Crippen LogP contribution in [0.2, 0.25) is 0 Å². The number of hydrogen-bond donors (Lipinski definition) is 1. The first-order chi connectivity index (χ1) is 12.5. The van der Waals surface area contributed by atoms with Crippen molar-refractivity contribution in [2.24, 2.45) is 0 Å². The Kier molecular flexibility index (Phi) is 5.12. The van der Waals surface area contributed by atoms with Gasteiger partial charge in [-0.3, -0.25) is 18.7 Å². The van der Waals surface area contributed by atoms with Crippen LogP contribution < -0.4 is 16.6 Å². The molecule has 26 heavy (non-hydrogen) atoms. The highest BCUT2D eigenvalue weighted by Gasteiger charge is 2.10. The fraction of sp³-hybridized carbons (Fsp3) is 0.150. The van der Waals surface area contributed by atoms with Crippen molar-refractivity contribution in [3.63, 3.8) is 0 Å². The van der Waals surface area contributed by atoms with E-state index in [9.17, 15) is 14.4 Å². The van der Waals surface area contributed by atoms with Crippen LogP contribution >= 0.6 is 0 Å². The number of aryl methyl sites for hydroxylation is 1. The molecule has 0 aliphatic heterocycles. The van der Waals surface area contributed by atoms with Crippen LogP contribution in [0, 0.1) is 6.92 Å². The fourth-order valence-electron chi connectivity index (χ4n) is 2.58. The van der Waals surface area contributed by atoms with Gasteiger partial charge in [0.05, 0.1) is 6.54 Å². The van der Waals surface area contributed by atoms with Gasteiger partial charge in [-0.1, -0.05) is 48.0 Å². The lowest BCUT2D eigenvalue weighted by atomic mass is 10.1. The second kappa shape index (κ2) is 7.65. The largest absolute Gasteiger partial charge is 0.331 e. The molecule has 0 saturated heterocycles. The van der Waals surface area contributed by atoms with Gasteiger partial charge in [0.2, 0.25) is 5.91 Å². The van der Waals surface area contributed by atoms with Crippen LogP contribution in [0.25, 0.3) is 0 Å². The van der Waals surface area contributed by atoms with E-state index in [0.717, 1.165) is 15.7 Å². The molecular formula is C20H19N3O3. The van der Waals surface area contributed by atoms with Crippen LogP contribution in [-0.4, -0.2) is 15.0 Å². The Hall–Kier alpha value is -3.41. The number of nitrogens with one attached hydrogen (secondary N) is 1. The van der Waals surface area contributed by atoms with Gasteiger partial charge >= 0.3 is 5.69 Å². The SMILES string of the molecule is Cc1ccc(Cn2ccc(=O)n(CC(=O)Nc3ccccc3)c2=O)cc1. The third-order valence-corrected chi connectivity index (χ3v) is 3.97. The van der Waals surface area contributed by atoms with E-state index in [4.69, 9.17) is 0 Å². The van der Waals surface area contributed by atoms with Crippen LogP contribution in [0.4, 0.5) is 5.69 Å². The van der Waals surface area contributed by atoms with E-state index in [1.54, 1.807) is 24.3 Å². The molecule has 0 aliphatic rings. The summed E-state index contributed by atoms with van der Waals surface area (Å²) in [6.45, 7) is 1.99. The Morgan fingerprint density at radius 3 is 2.35 bits per heavy atom. The number of hydrogen-bond acceptors (Lipinski definition) is 3. The van der Waals surface area contributed by atoms with Gasteiger partial charge in [-0.15, -0.1) is 0 Å². The third kappa shape index (κ3) is 4.16. The number of benzene rings is 2. The zero-order chi connectivity index (χ0) is 18.5. The number of rotatable bonds is 5. The lowest BCUT2D eigenvalue weighted by molar-refractivity contribution is -0.116. The average Bonchev–Trinajstić information content (AvgIpc) is 2.64. The molecule has 0 saturated carbocycles. The Balaban J connectivity index is 1.81. The molecule has 1 amide bonds. The highest BCUT2D eigenvalue weighted by molar-refractivity contribution is 5.90. The van der Waals surface area contributed by atoms with Gasteiger partial charge in [-0.05, 0) is 24.6 Å². The lowest BCUT2D eigenvalue weighted by Crippen LogP contribution is -2.41. The Morgan fingerprint density at radius 1 is 0.962 bits per heavy atom. The van der Waals surface area contributed by atoms with Gasteiger partial charge in [0.25, 0.3) is 5.56 Å². The predicted molar refractivity (Wildman–Crippen MR) is 100 cm³/mol. The van der Waals surface area contributed by atoms with Gasteiger partial charge in [0.15, 0.2) is 0 Å². The van der Waals surface area contributed by atoms with Crippen molar-refractivity contribution >= 4 is 11.6 Å². The molecule has 6 nitrogen and oxygen atoms in total. The molecule has 3 aromatic rings. The zero-order valence-corrected chi connectivity index (χ0v) is 14.4. The molecule has 132 valence electrons. The summed E-state index contributed by atoms with van der Waals surface area (Å²) in [5, 5.41) is 2.67. The van der Waals surface area contributed by atoms with Crippen LogP contribution in [0.3, 0.4) is 0 Å². The Morgan fingerprint density at radius 2 is 1.65 bits per heavy atom. The number of para-hydroxylation sites is 1. The second-order valence-electron chi connectivity index (χ2n) is 6.05. The minimum Gasteiger partial charge on any atom is -0.325 e. The van der Waals surface area contributed by atoms with Crippen molar-refractivity contribution in [3.8, 4) is 0 Å². The Bertz CT molecular complexity index is 1020. The van der Waals surface area contributed by atoms with Crippen LogP contribution in [0.1, 0.15) is 11.1 Å². The van der Waals surface area contributed by atoms with Crippen molar-refractivity contribution in [1.29, 1.82) is 0 Å². The highest BCUT2D eigenvalue weighted by atomic mass is 16.2. The monoisotopic (exact) mass is 349 g/mol. The normalized spacial score (nSPS) is 10.5. The summed E-state index contributed by atoms with van der Waals surface area (Å²) >= 11 is 0. The summed E-state index contributed by atoms with van der Waals surface area (Å²) < 4.78 is 2.36. The van der Waals surface area contributed by atoms with E-state index in [-0.39, 0.29) is 6.54 Å². The maximum absolute atomic E-state index is 12.6. The van der Waals surface area contributed by atoms with Gasteiger partial charge in [0, 0.05) is 18.0 Å². The van der Waals surface area contributed by atoms with Gasteiger partial charge in [-0.2, -0.15) is 0 Å². The number of carbonyl (C=O) groups is 1. The maximum Gasteiger partial charge on any atom is 0.331 e. The minimum absolute atomic E-state index is 0.332. The molecule has 0 unspecified atom stereocenters. The van der Waals surface area contributed by atoms with Gasteiger partial charge < -0.3 is 5.32 Å². The summed E-state index contributed by atoms with van der Waals surface area (Å²) in [6, 6.07) is 18.0. The van der Waals surface area contributed by atoms with E-state index < -0.39 is 17.2 Å². The number of carbonyl (C=O) groups excluding carboxylic acids is 1. The second-order valence-corrected chi connectivity index (χ2v) is 6.05. The molecule has 6 heteroatoms. The van der Waals surface area contributed by atoms with Crippen molar-refractivity contribution < 1.29 is 4.79 Å². The Labute approximate surface area is 150 Å². The van der Waals surface area contributed by atoms with Gasteiger partial charge in [-0.25, -0.2) is 4.79 Å². The molecular weight excluding hydrogens is 330 g/mol. The van der Waals surface area contributed by atoms with Crippen molar-refractivity contribution in [1.82, 2.24) is 9.13 Å². The fourth-order valence-corrected chi connectivity index (χ4v) is 2.58. The maximum atomic E-state index is 12.6. The number of anilines is 1. The highest BCUT2D eigenvalue weighted by Crippen LogP contribution is 2.05. The van der Waals surface area contributed by atoms with Gasteiger partial charge in [0.1, 0.15) is 6.54 Å². The molecule has 0 radical (unpaired) electrons. The van der Waals surface area contributed by atoms with Crippen molar-refractivity contribution in [2.45, 2.75) is 20.0 Å². The summed E-state index contributed by atoms with van der Waals surface area (Å²) in [4.78, 5) is 36.8. The van der Waals surface area contributed by atoms with Crippen molar-refractivity contribution in [2.75, 3.05) is 5.32 Å². The zero-order valence-electron chi connectivity index (χ0n) is 14.4. The molecule has 0 fully saturated rings. The van der Waals surface area contributed by atoms with E-state index in [1.807, 2.05) is 37.3 Å². The molecule has 1 N–H and O–H groups in total. The minimum atomic E-state index is -0.513. The third-order valence-electron chi connectivity index (χ3n) is 3.97. The van der Waals surface area contributed by atoms with E-state index in [0.29, 0.717) is 12.2 Å². The van der Waals surface area contributed by atoms with E-state index in [2.05, 4.69) is 5.32 Å². The first-order valence-electron chi connectivity index (χ1n) is 8.24. The summed E-state index contributed by atoms with van der Waals surface area (Å²) in [6.07, 6.45) is 1.45. The lowest BCUT2D eigenvalue weighted by Gasteiger charge is -2.10. The molecule has 3 rings (SSSR count). The topological polar surface area (TPSA) is 73.1 Å². The molecule has 0 bridgehead atoms. The summed E-state index contributed by atoms with van der Waals surface area (Å²) in [5.74, 6) is -0.427. The number of aromatic nitrogens is 2. The first kappa shape index (κ1) is 17.4. The van der Waals surface area contributed by atoms with E-state index >= 15 is 0 Å². The van der Waals surface area contributed by atoms with E-state index in [1.165, 1.54) is 16.8 Å². The van der Waals surface area contributed by atoms with Crippen molar-refractivity contribution in [3.05, 3.63) is 98.8 Å². The molecule has 1 heterocycles. The molecule has 0 atom stereocenters. The molecule has 2 aromatic carbocycles. The van der Waals surface area contributed by atoms with Crippen LogP contribution in [0.5, 0.6) is 0 Å². The number of amides is 1. The summed E-state index contributed by atoms with van der Waals surface area (Å²) in [5.41, 5.74) is 1.67. The first-order valence-corrected chi connectivity index (χ1v) is 8.24. The van der Waals surface area contributed by atoms with Crippen LogP contribution in [0.15, 0.2) is 76.4 Å². The standard InChI is InChI=1S/C20H19N3O3/c1-15-7-9-16(10-8-15)13-22-12-11-19(25)23(20(22)26)14-18(24)21-17-5-3-2-4-6-17/h2-12H,13-14H2,1H3,(H,21,24). The summed E-state index contributed by atoms with van der Waals surface area (Å²) in [7, 11) is 0. The molecule has 0 spiro atoms. The molecule has 1 aromatic heterocycles. The smallest absolute Gasteiger partial charge is 0.325 e. The molecule has 0 aliphatic carbocycles. The predicted octanol–water partition coefficient (Wildman–Crippen LogP) is 2.01.